The molecule has 5 rings (SSSR count). The molecule has 2 aliphatic rings. The second-order valence-corrected chi connectivity index (χ2v) is 10.5. The molecular weight excluding hydrogens is 442 g/mol. The Morgan fingerprint density at radius 3 is 2.62 bits per heavy atom. The van der Waals surface area contributed by atoms with E-state index >= 15 is 0 Å². The highest BCUT2D eigenvalue weighted by molar-refractivity contribution is 7.97. The quantitative estimate of drug-likeness (QED) is 0.480. The molecule has 2 unspecified atom stereocenters. The Hall–Kier alpha value is -2.55. The van der Waals surface area contributed by atoms with E-state index in [1.165, 1.54) is 17.8 Å². The molecule has 8 heteroatoms. The van der Waals surface area contributed by atoms with Gasteiger partial charge >= 0.3 is 0 Å². The maximum atomic E-state index is 12.7. The minimum Gasteiger partial charge on any atom is -0.454 e. The fraction of sp³-hybridized carbons (Fsp3) is 0.333. The zero-order chi connectivity index (χ0) is 22.1. The Bertz CT molecular complexity index is 1110. The zero-order valence-corrected chi connectivity index (χ0v) is 19.7. The van der Waals surface area contributed by atoms with Crippen molar-refractivity contribution in [3.8, 4) is 22.8 Å². The lowest BCUT2D eigenvalue weighted by Gasteiger charge is -2.33. The lowest BCUT2D eigenvalue weighted by molar-refractivity contribution is 0.102. The van der Waals surface area contributed by atoms with Crippen LogP contribution in [0.5, 0.6) is 11.5 Å². The lowest BCUT2D eigenvalue weighted by atomic mass is 9.94. The SMILES string of the molecule is CC1CC(C)CN(Sc2ccc(C(=O)Nc3nc(-c4ccc5c(c4)OCO5)cs3)cc2)C1. The van der Waals surface area contributed by atoms with Gasteiger partial charge in [0.1, 0.15) is 0 Å². The summed E-state index contributed by atoms with van der Waals surface area (Å²) in [6.45, 7) is 7.07. The Morgan fingerprint density at radius 2 is 1.84 bits per heavy atom. The monoisotopic (exact) mass is 467 g/mol. The van der Waals surface area contributed by atoms with Crippen molar-refractivity contribution in [3.05, 3.63) is 53.4 Å². The van der Waals surface area contributed by atoms with Crippen molar-refractivity contribution in [2.75, 3.05) is 25.2 Å². The number of rotatable bonds is 5. The van der Waals surface area contributed by atoms with E-state index < -0.39 is 0 Å². The van der Waals surface area contributed by atoms with Crippen molar-refractivity contribution in [1.82, 2.24) is 9.29 Å². The van der Waals surface area contributed by atoms with Crippen molar-refractivity contribution in [1.29, 1.82) is 0 Å². The number of nitrogens with one attached hydrogen (secondary N) is 1. The number of anilines is 1. The predicted molar refractivity (Wildman–Crippen MR) is 128 cm³/mol. The van der Waals surface area contributed by atoms with Crippen LogP contribution in [0.25, 0.3) is 11.3 Å². The Labute approximate surface area is 196 Å². The van der Waals surface area contributed by atoms with Crippen LogP contribution in [0, 0.1) is 11.8 Å². The summed E-state index contributed by atoms with van der Waals surface area (Å²) in [7, 11) is 0. The fourth-order valence-electron chi connectivity index (χ4n) is 4.19. The van der Waals surface area contributed by atoms with E-state index in [0.29, 0.717) is 16.4 Å². The zero-order valence-electron chi connectivity index (χ0n) is 18.0. The Morgan fingerprint density at radius 1 is 1.09 bits per heavy atom. The normalized spacial score (nSPS) is 20.3. The summed E-state index contributed by atoms with van der Waals surface area (Å²) in [6, 6.07) is 13.5. The molecule has 2 atom stereocenters. The molecule has 2 aliphatic heterocycles. The van der Waals surface area contributed by atoms with Crippen LogP contribution >= 0.6 is 23.3 Å². The third-order valence-corrected chi connectivity index (χ3v) is 7.38. The lowest BCUT2D eigenvalue weighted by Crippen LogP contribution is -2.33. The van der Waals surface area contributed by atoms with Gasteiger partial charge in [0.2, 0.25) is 6.79 Å². The summed E-state index contributed by atoms with van der Waals surface area (Å²) in [4.78, 5) is 18.4. The van der Waals surface area contributed by atoms with Gasteiger partial charge in [-0.25, -0.2) is 9.29 Å². The van der Waals surface area contributed by atoms with Gasteiger partial charge in [-0.2, -0.15) is 0 Å². The standard InChI is InChI=1S/C24H25N3O3S2/c1-15-9-16(2)12-27(11-15)32-19-6-3-17(4-7-19)23(28)26-24-25-20(13-31-24)18-5-8-21-22(10-18)30-14-29-21/h3-8,10,13,15-16H,9,11-12,14H2,1-2H3,(H,25,26,28). The first kappa shape index (κ1) is 21.3. The first-order valence-corrected chi connectivity index (χ1v) is 12.4. The summed E-state index contributed by atoms with van der Waals surface area (Å²) in [5, 5.41) is 5.40. The number of thiazole rings is 1. The Balaban J connectivity index is 1.21. The molecule has 3 aromatic rings. The van der Waals surface area contributed by atoms with Crippen molar-refractivity contribution in [2.24, 2.45) is 11.8 Å². The van der Waals surface area contributed by atoms with E-state index in [1.807, 2.05) is 47.8 Å². The van der Waals surface area contributed by atoms with Gasteiger partial charge in [0.25, 0.3) is 5.91 Å². The number of hydrogen-bond donors (Lipinski definition) is 1. The molecule has 0 bridgehead atoms. The second-order valence-electron chi connectivity index (χ2n) is 8.47. The van der Waals surface area contributed by atoms with Crippen LogP contribution in [0.3, 0.4) is 0 Å². The van der Waals surface area contributed by atoms with Crippen LogP contribution in [-0.2, 0) is 0 Å². The highest BCUT2D eigenvalue weighted by Gasteiger charge is 2.22. The van der Waals surface area contributed by atoms with Crippen LogP contribution in [0.1, 0.15) is 30.6 Å². The summed E-state index contributed by atoms with van der Waals surface area (Å²) in [5.41, 5.74) is 2.34. The van der Waals surface area contributed by atoms with Crippen LogP contribution in [0.15, 0.2) is 52.7 Å². The van der Waals surface area contributed by atoms with Gasteiger partial charge in [-0.3, -0.25) is 10.1 Å². The first-order valence-electron chi connectivity index (χ1n) is 10.7. The van der Waals surface area contributed by atoms with Crippen molar-refractivity contribution in [2.45, 2.75) is 25.2 Å². The average molecular weight is 468 g/mol. The van der Waals surface area contributed by atoms with Crippen LogP contribution in [0.4, 0.5) is 5.13 Å². The van der Waals surface area contributed by atoms with E-state index in [4.69, 9.17) is 9.47 Å². The number of ether oxygens (including phenoxy) is 2. The molecule has 6 nitrogen and oxygen atoms in total. The average Bonchev–Trinajstić information content (AvgIpc) is 3.42. The third kappa shape index (κ3) is 4.77. The minimum absolute atomic E-state index is 0.159. The molecular formula is C24H25N3O3S2. The summed E-state index contributed by atoms with van der Waals surface area (Å²) in [5.74, 6) is 2.73. The van der Waals surface area contributed by atoms with E-state index in [-0.39, 0.29) is 12.7 Å². The van der Waals surface area contributed by atoms with E-state index in [2.05, 4.69) is 28.5 Å². The maximum absolute atomic E-state index is 12.7. The molecule has 1 saturated heterocycles. The number of amides is 1. The molecule has 1 aromatic heterocycles. The van der Waals surface area contributed by atoms with Gasteiger partial charge in [0, 0.05) is 34.5 Å². The molecule has 1 fully saturated rings. The molecule has 166 valence electrons. The summed E-state index contributed by atoms with van der Waals surface area (Å²) in [6.07, 6.45) is 1.29. The van der Waals surface area contributed by atoms with Gasteiger partial charge in [-0.15, -0.1) is 11.3 Å². The van der Waals surface area contributed by atoms with Crippen LogP contribution in [0.2, 0.25) is 0 Å². The number of aromatic nitrogens is 1. The minimum atomic E-state index is -0.159. The number of nitrogens with zero attached hydrogens (tertiary/aromatic N) is 2. The summed E-state index contributed by atoms with van der Waals surface area (Å²) < 4.78 is 13.2. The number of hydrogen-bond acceptors (Lipinski definition) is 7. The smallest absolute Gasteiger partial charge is 0.257 e. The molecule has 3 heterocycles. The van der Waals surface area contributed by atoms with Gasteiger partial charge < -0.3 is 9.47 Å². The second kappa shape index (κ2) is 9.13. The van der Waals surface area contributed by atoms with Gasteiger partial charge in [-0.05, 0) is 72.7 Å². The van der Waals surface area contributed by atoms with Crippen LogP contribution < -0.4 is 14.8 Å². The van der Waals surface area contributed by atoms with E-state index in [9.17, 15) is 4.79 Å². The number of fused-ring (bicyclic) bond motifs is 1. The number of carbonyl (C=O) groups is 1. The molecule has 1 N–H and O–H groups in total. The summed E-state index contributed by atoms with van der Waals surface area (Å²) >= 11 is 3.18. The van der Waals surface area contributed by atoms with E-state index in [0.717, 1.165) is 46.8 Å². The highest BCUT2D eigenvalue weighted by Crippen LogP contribution is 2.36. The largest absolute Gasteiger partial charge is 0.454 e. The predicted octanol–water partition coefficient (Wildman–Crippen LogP) is 5.78. The fourth-order valence-corrected chi connectivity index (χ4v) is 6.11. The number of benzene rings is 2. The molecule has 2 aromatic carbocycles. The van der Waals surface area contributed by atoms with E-state index in [1.54, 1.807) is 11.9 Å². The molecule has 0 spiro atoms. The molecule has 1 amide bonds. The van der Waals surface area contributed by atoms with Crippen molar-refractivity contribution in [3.63, 3.8) is 0 Å². The van der Waals surface area contributed by atoms with Gasteiger partial charge in [0.15, 0.2) is 16.6 Å². The number of carbonyl (C=O) groups excluding carboxylic acids is 1. The maximum Gasteiger partial charge on any atom is 0.257 e. The highest BCUT2D eigenvalue weighted by atomic mass is 32.2. The van der Waals surface area contributed by atoms with Crippen molar-refractivity contribution >= 4 is 34.3 Å². The van der Waals surface area contributed by atoms with Crippen LogP contribution in [-0.4, -0.2) is 35.1 Å². The topological polar surface area (TPSA) is 63.7 Å². The van der Waals surface area contributed by atoms with Crippen molar-refractivity contribution < 1.29 is 14.3 Å². The van der Waals surface area contributed by atoms with Gasteiger partial charge in [-0.1, -0.05) is 13.8 Å². The first-order chi connectivity index (χ1) is 15.5. The molecule has 0 radical (unpaired) electrons. The molecule has 0 aliphatic carbocycles. The van der Waals surface area contributed by atoms with Gasteiger partial charge in [0.05, 0.1) is 5.69 Å². The molecule has 32 heavy (non-hydrogen) atoms. The Kier molecular flexibility index (Phi) is 6.08. The third-order valence-electron chi connectivity index (χ3n) is 5.58. The molecule has 0 saturated carbocycles. The number of piperidine rings is 1.